The van der Waals surface area contributed by atoms with E-state index < -0.39 is 0 Å². The first-order chi connectivity index (χ1) is 18.5. The molecule has 6 rings (SSSR count). The van der Waals surface area contributed by atoms with Crippen molar-refractivity contribution in [3.63, 3.8) is 0 Å². The van der Waals surface area contributed by atoms with Crippen LogP contribution in [-0.4, -0.2) is 41.5 Å². The van der Waals surface area contributed by atoms with Crippen molar-refractivity contribution in [2.75, 3.05) is 31.1 Å². The second-order valence-corrected chi connectivity index (χ2v) is 10.5. The molecule has 1 N–H and O–H groups in total. The summed E-state index contributed by atoms with van der Waals surface area (Å²) in [5, 5.41) is 3.02. The topological polar surface area (TPSA) is 58.9 Å². The number of ether oxygens (including phenoxy) is 1. The van der Waals surface area contributed by atoms with Gasteiger partial charge in [-0.1, -0.05) is 18.2 Å². The number of amides is 1. The lowest BCUT2D eigenvalue weighted by Crippen LogP contribution is -2.32. The van der Waals surface area contributed by atoms with Crippen LogP contribution in [0.5, 0.6) is 5.75 Å². The Morgan fingerprint density at radius 1 is 0.974 bits per heavy atom. The summed E-state index contributed by atoms with van der Waals surface area (Å²) in [5.41, 5.74) is 5.87. The van der Waals surface area contributed by atoms with E-state index in [2.05, 4.69) is 22.3 Å². The van der Waals surface area contributed by atoms with Gasteiger partial charge in [0.1, 0.15) is 29.5 Å². The SMILES string of the molecule is Cc1ccc2nc(C3CC3)c(C(=O)NCCOc3ccc(N4CCC(c5ccc(F)cc5)CC4)cc3)n2c1. The van der Waals surface area contributed by atoms with Gasteiger partial charge < -0.3 is 15.0 Å². The molecule has 2 aromatic heterocycles. The lowest BCUT2D eigenvalue weighted by molar-refractivity contribution is 0.0940. The van der Waals surface area contributed by atoms with Gasteiger partial charge in [-0.15, -0.1) is 0 Å². The predicted octanol–water partition coefficient (Wildman–Crippen LogP) is 5.85. The Bertz CT molecular complexity index is 1420. The first-order valence-electron chi connectivity index (χ1n) is 13.6. The van der Waals surface area contributed by atoms with Crippen LogP contribution in [0.1, 0.15) is 64.8 Å². The van der Waals surface area contributed by atoms with Gasteiger partial charge in [0.05, 0.1) is 12.2 Å². The normalized spacial score (nSPS) is 16.1. The standard InChI is InChI=1S/C31H33FN4O2/c1-21-2-13-28-34-29(24-3-4-24)30(36(28)20-21)31(37)33-16-19-38-27-11-9-26(10-12-27)35-17-14-23(15-18-35)22-5-7-25(32)8-6-22/h2,5-13,20,23-24H,3-4,14-19H2,1H3,(H,33,37). The van der Waals surface area contributed by atoms with E-state index in [1.165, 1.54) is 11.3 Å². The molecule has 0 unspecified atom stereocenters. The Balaban J connectivity index is 0.996. The van der Waals surface area contributed by atoms with Crippen LogP contribution in [0, 0.1) is 12.7 Å². The third-order valence-electron chi connectivity index (χ3n) is 7.67. The number of hydrogen-bond donors (Lipinski definition) is 1. The monoisotopic (exact) mass is 512 g/mol. The van der Waals surface area contributed by atoms with Crippen LogP contribution in [0.4, 0.5) is 10.1 Å². The van der Waals surface area contributed by atoms with Crippen molar-refractivity contribution in [2.45, 2.75) is 44.4 Å². The first-order valence-corrected chi connectivity index (χ1v) is 13.6. The summed E-state index contributed by atoms with van der Waals surface area (Å²) in [6.45, 7) is 4.77. The van der Waals surface area contributed by atoms with Crippen molar-refractivity contribution in [1.82, 2.24) is 14.7 Å². The van der Waals surface area contributed by atoms with Gasteiger partial charge in [0.15, 0.2) is 0 Å². The molecule has 0 atom stereocenters. The van der Waals surface area contributed by atoms with Gasteiger partial charge in [0.2, 0.25) is 0 Å². The Morgan fingerprint density at radius 3 is 2.42 bits per heavy atom. The molecule has 196 valence electrons. The van der Waals surface area contributed by atoms with E-state index in [0.717, 1.165) is 61.4 Å². The smallest absolute Gasteiger partial charge is 0.270 e. The average Bonchev–Trinajstić information content (AvgIpc) is 3.72. The summed E-state index contributed by atoms with van der Waals surface area (Å²) in [5.74, 6) is 1.37. The molecule has 1 aliphatic carbocycles. The van der Waals surface area contributed by atoms with E-state index in [-0.39, 0.29) is 11.7 Å². The summed E-state index contributed by atoms with van der Waals surface area (Å²) in [7, 11) is 0. The molecule has 0 radical (unpaired) electrons. The van der Waals surface area contributed by atoms with Crippen LogP contribution in [0.25, 0.3) is 5.65 Å². The minimum absolute atomic E-state index is 0.104. The van der Waals surface area contributed by atoms with Crippen molar-refractivity contribution in [2.24, 2.45) is 0 Å². The number of halogens is 1. The molecule has 4 aromatic rings. The number of nitrogens with zero attached hydrogens (tertiary/aromatic N) is 3. The van der Waals surface area contributed by atoms with Crippen molar-refractivity contribution < 1.29 is 13.9 Å². The number of fused-ring (bicyclic) bond motifs is 1. The number of hydrogen-bond acceptors (Lipinski definition) is 4. The van der Waals surface area contributed by atoms with Gasteiger partial charge in [-0.3, -0.25) is 9.20 Å². The Kier molecular flexibility index (Phi) is 6.75. The van der Waals surface area contributed by atoms with Crippen LogP contribution in [-0.2, 0) is 0 Å². The molecular weight excluding hydrogens is 479 g/mol. The molecule has 3 heterocycles. The zero-order valence-corrected chi connectivity index (χ0v) is 21.7. The number of nitrogens with one attached hydrogen (secondary N) is 1. The average molecular weight is 513 g/mol. The molecule has 1 saturated carbocycles. The number of aryl methyl sites for hydroxylation is 1. The third kappa shape index (κ3) is 5.23. The summed E-state index contributed by atoms with van der Waals surface area (Å²) < 4.78 is 21.1. The fourth-order valence-corrected chi connectivity index (χ4v) is 5.41. The van der Waals surface area contributed by atoms with E-state index in [9.17, 15) is 9.18 Å². The van der Waals surface area contributed by atoms with Crippen LogP contribution in [0.15, 0.2) is 66.9 Å². The Hall–Kier alpha value is -3.87. The minimum Gasteiger partial charge on any atom is -0.492 e. The molecular formula is C31H33FN4O2. The van der Waals surface area contributed by atoms with E-state index >= 15 is 0 Å². The first kappa shape index (κ1) is 24.5. The number of imidazole rings is 1. The molecule has 1 saturated heterocycles. The predicted molar refractivity (Wildman–Crippen MR) is 147 cm³/mol. The van der Waals surface area contributed by atoms with Gasteiger partial charge in [0, 0.05) is 30.9 Å². The fourth-order valence-electron chi connectivity index (χ4n) is 5.41. The molecule has 2 aromatic carbocycles. The highest BCUT2D eigenvalue weighted by Crippen LogP contribution is 2.41. The van der Waals surface area contributed by atoms with Crippen molar-refractivity contribution in [1.29, 1.82) is 0 Å². The van der Waals surface area contributed by atoms with E-state index in [0.29, 0.717) is 30.7 Å². The Morgan fingerprint density at radius 2 is 1.71 bits per heavy atom. The summed E-state index contributed by atoms with van der Waals surface area (Å²) in [6.07, 6.45) is 6.27. The molecule has 0 bridgehead atoms. The van der Waals surface area contributed by atoms with Gasteiger partial charge in [-0.25, -0.2) is 9.37 Å². The molecule has 1 aliphatic heterocycles. The van der Waals surface area contributed by atoms with Gasteiger partial charge in [-0.2, -0.15) is 0 Å². The maximum absolute atomic E-state index is 13.2. The van der Waals surface area contributed by atoms with E-state index in [4.69, 9.17) is 9.72 Å². The molecule has 0 spiro atoms. The molecule has 1 amide bonds. The highest BCUT2D eigenvalue weighted by atomic mass is 19.1. The van der Waals surface area contributed by atoms with Crippen molar-refractivity contribution in [3.8, 4) is 5.75 Å². The molecule has 7 heteroatoms. The van der Waals surface area contributed by atoms with Gasteiger partial charge in [-0.05, 0) is 92.1 Å². The largest absolute Gasteiger partial charge is 0.492 e. The molecule has 6 nitrogen and oxygen atoms in total. The lowest BCUT2D eigenvalue weighted by atomic mass is 9.89. The Labute approximate surface area is 222 Å². The highest BCUT2D eigenvalue weighted by molar-refractivity contribution is 5.95. The minimum atomic E-state index is -0.180. The highest BCUT2D eigenvalue weighted by Gasteiger charge is 2.32. The zero-order valence-electron chi connectivity index (χ0n) is 21.7. The second kappa shape index (κ2) is 10.5. The molecule has 38 heavy (non-hydrogen) atoms. The fraction of sp³-hybridized carbons (Fsp3) is 0.355. The number of aromatic nitrogens is 2. The summed E-state index contributed by atoms with van der Waals surface area (Å²) >= 11 is 0. The molecule has 2 aliphatic rings. The van der Waals surface area contributed by atoms with Gasteiger partial charge >= 0.3 is 0 Å². The quantitative estimate of drug-likeness (QED) is 0.301. The van der Waals surface area contributed by atoms with Crippen LogP contribution < -0.4 is 15.0 Å². The van der Waals surface area contributed by atoms with E-state index in [1.54, 1.807) is 12.1 Å². The number of piperidine rings is 1. The second-order valence-electron chi connectivity index (χ2n) is 10.5. The van der Waals surface area contributed by atoms with Crippen molar-refractivity contribution >= 4 is 17.2 Å². The number of rotatable bonds is 8. The number of benzene rings is 2. The summed E-state index contributed by atoms with van der Waals surface area (Å²) in [6, 6.07) is 19.1. The molecule has 2 fully saturated rings. The van der Waals surface area contributed by atoms with Crippen LogP contribution in [0.3, 0.4) is 0 Å². The third-order valence-corrected chi connectivity index (χ3v) is 7.67. The van der Waals surface area contributed by atoms with Crippen LogP contribution >= 0.6 is 0 Å². The zero-order chi connectivity index (χ0) is 26.1. The lowest BCUT2D eigenvalue weighted by Gasteiger charge is -2.34. The summed E-state index contributed by atoms with van der Waals surface area (Å²) in [4.78, 5) is 20.2. The number of carbonyl (C=O) groups excluding carboxylic acids is 1. The number of anilines is 1. The van der Waals surface area contributed by atoms with Gasteiger partial charge in [0.25, 0.3) is 5.91 Å². The van der Waals surface area contributed by atoms with E-state index in [1.807, 2.05) is 53.9 Å². The maximum atomic E-state index is 13.2. The maximum Gasteiger partial charge on any atom is 0.270 e. The van der Waals surface area contributed by atoms with Crippen LogP contribution in [0.2, 0.25) is 0 Å². The number of pyridine rings is 1. The van der Waals surface area contributed by atoms with Crippen molar-refractivity contribution in [3.05, 3.63) is 95.2 Å². The number of carbonyl (C=O) groups is 1.